The summed E-state index contributed by atoms with van der Waals surface area (Å²) >= 11 is 0. The maximum atomic E-state index is 12.5. The number of unbranched alkanes of at least 4 members (excludes halogenated alkanes) is 13. The van der Waals surface area contributed by atoms with Crippen LogP contribution in [0.4, 0.5) is 5.69 Å². The summed E-state index contributed by atoms with van der Waals surface area (Å²) in [6.07, 6.45) is 20.9. The van der Waals surface area contributed by atoms with Crippen molar-refractivity contribution in [3.8, 4) is 11.5 Å². The monoisotopic (exact) mass is 525 g/mol. The van der Waals surface area contributed by atoms with E-state index in [4.69, 9.17) is 9.47 Å². The van der Waals surface area contributed by atoms with E-state index < -0.39 is 0 Å². The number of rotatable bonds is 21. The molecule has 1 aromatic heterocycles. The molecule has 1 aromatic carbocycles. The highest BCUT2D eigenvalue weighted by molar-refractivity contribution is 5.91. The summed E-state index contributed by atoms with van der Waals surface area (Å²) in [5, 5.41) is 0. The molecule has 0 N–H and O–H groups in total. The van der Waals surface area contributed by atoms with Crippen molar-refractivity contribution < 1.29 is 18.8 Å². The molecule has 212 valence electrons. The van der Waals surface area contributed by atoms with E-state index in [1.54, 1.807) is 18.9 Å². The summed E-state index contributed by atoms with van der Waals surface area (Å²) in [6.45, 7) is 8.04. The second-order valence-corrected chi connectivity index (χ2v) is 10.4. The number of aromatic nitrogens is 1. The van der Waals surface area contributed by atoms with Gasteiger partial charge in [0.25, 0.3) is 0 Å². The Morgan fingerprint density at radius 3 is 1.95 bits per heavy atom. The maximum absolute atomic E-state index is 12.5. The van der Waals surface area contributed by atoms with E-state index in [-0.39, 0.29) is 5.91 Å². The van der Waals surface area contributed by atoms with Crippen LogP contribution in [0.25, 0.3) is 0 Å². The molecule has 2 rings (SSSR count). The lowest BCUT2D eigenvalue weighted by molar-refractivity contribution is -0.700. The molecule has 0 radical (unpaired) electrons. The Balaban J connectivity index is 1.69. The first kappa shape index (κ1) is 31.7. The van der Waals surface area contributed by atoms with E-state index in [0.29, 0.717) is 18.9 Å². The van der Waals surface area contributed by atoms with Crippen molar-refractivity contribution in [2.75, 3.05) is 18.6 Å². The van der Waals surface area contributed by atoms with Crippen LogP contribution in [-0.4, -0.2) is 19.6 Å². The minimum Gasteiger partial charge on any atom is -0.493 e. The number of ether oxygens (including phenoxy) is 2. The molecule has 0 bridgehead atoms. The van der Waals surface area contributed by atoms with Crippen molar-refractivity contribution in [2.45, 2.75) is 124 Å². The molecular formula is C33H53N2O3+. The highest BCUT2D eigenvalue weighted by Gasteiger charge is 2.19. The number of carbonyl (C=O) groups excluding carboxylic acids is 1. The molecule has 0 aliphatic rings. The largest absolute Gasteiger partial charge is 0.493 e. The van der Waals surface area contributed by atoms with E-state index in [2.05, 4.69) is 24.5 Å². The Bertz CT molecular complexity index is 915. The normalized spacial score (nSPS) is 10.9. The predicted octanol–water partition coefficient (Wildman–Crippen LogP) is 8.42. The van der Waals surface area contributed by atoms with Crippen LogP contribution in [-0.2, 0) is 17.9 Å². The maximum Gasteiger partial charge on any atom is 0.224 e. The third kappa shape index (κ3) is 11.9. The Morgan fingerprint density at radius 1 is 0.789 bits per heavy atom. The van der Waals surface area contributed by atoms with E-state index in [0.717, 1.165) is 30.1 Å². The van der Waals surface area contributed by atoms with Gasteiger partial charge in [0, 0.05) is 30.8 Å². The topological polar surface area (TPSA) is 42.7 Å². The minimum atomic E-state index is -0.00497. The fourth-order valence-corrected chi connectivity index (χ4v) is 4.93. The average molecular weight is 526 g/mol. The molecular weight excluding hydrogens is 472 g/mol. The Labute approximate surface area is 232 Å². The second-order valence-electron chi connectivity index (χ2n) is 10.4. The summed E-state index contributed by atoms with van der Waals surface area (Å²) in [5.74, 6) is 1.39. The minimum absolute atomic E-state index is 0.00497. The van der Waals surface area contributed by atoms with Gasteiger partial charge in [-0.3, -0.25) is 4.79 Å². The molecule has 0 aliphatic heterocycles. The van der Waals surface area contributed by atoms with E-state index in [9.17, 15) is 4.79 Å². The first-order valence-electron chi connectivity index (χ1n) is 15.2. The number of pyridine rings is 1. The molecule has 0 aliphatic carbocycles. The van der Waals surface area contributed by atoms with Crippen molar-refractivity contribution >= 4 is 11.6 Å². The van der Waals surface area contributed by atoms with Crippen molar-refractivity contribution in [3.05, 3.63) is 48.3 Å². The summed E-state index contributed by atoms with van der Waals surface area (Å²) in [5.41, 5.74) is 1.90. The van der Waals surface area contributed by atoms with Gasteiger partial charge in [-0.1, -0.05) is 96.5 Å². The van der Waals surface area contributed by atoms with Crippen molar-refractivity contribution in [2.24, 2.45) is 0 Å². The molecule has 0 fully saturated rings. The van der Waals surface area contributed by atoms with Gasteiger partial charge in [0.15, 0.2) is 17.7 Å². The van der Waals surface area contributed by atoms with Crippen LogP contribution in [0.5, 0.6) is 11.5 Å². The Hall–Kier alpha value is -2.56. The van der Waals surface area contributed by atoms with Gasteiger partial charge >= 0.3 is 0 Å². The molecule has 1 heterocycles. The van der Waals surface area contributed by atoms with Crippen LogP contribution in [0.3, 0.4) is 0 Å². The van der Waals surface area contributed by atoms with E-state index in [1.807, 2.05) is 36.5 Å². The zero-order valence-electron chi connectivity index (χ0n) is 24.7. The second kappa shape index (κ2) is 19.5. The standard InChI is InChI=1S/C33H53N2O3/c1-5-7-8-9-10-11-12-13-14-15-16-17-18-21-26-38-32-24-23-30(27-33(32)37-4)35(29(3)36)28-31-22-19-20-25-34(31)6-2/h19-20,22-25,27H,5-18,21,26,28H2,1-4H3/q+1. The summed E-state index contributed by atoms with van der Waals surface area (Å²) in [4.78, 5) is 14.3. The van der Waals surface area contributed by atoms with Gasteiger partial charge in [-0.05, 0) is 25.5 Å². The molecule has 0 unspecified atom stereocenters. The van der Waals surface area contributed by atoms with Crippen LogP contribution in [0, 0.1) is 0 Å². The van der Waals surface area contributed by atoms with Crippen molar-refractivity contribution in [1.29, 1.82) is 0 Å². The molecule has 1 amide bonds. The first-order valence-corrected chi connectivity index (χ1v) is 15.2. The predicted molar refractivity (Wildman–Crippen MR) is 158 cm³/mol. The molecule has 5 nitrogen and oxygen atoms in total. The van der Waals surface area contributed by atoms with Crippen molar-refractivity contribution in [1.82, 2.24) is 0 Å². The van der Waals surface area contributed by atoms with Gasteiger partial charge in [0.05, 0.1) is 13.7 Å². The number of aryl methyl sites for hydroxylation is 1. The Kier molecular flexibility index (Phi) is 16.2. The zero-order valence-corrected chi connectivity index (χ0v) is 24.7. The third-order valence-corrected chi connectivity index (χ3v) is 7.29. The number of amides is 1. The fourth-order valence-electron chi connectivity index (χ4n) is 4.93. The number of carbonyl (C=O) groups is 1. The number of nitrogens with zero attached hydrogens (tertiary/aromatic N) is 2. The van der Waals surface area contributed by atoms with Gasteiger partial charge in [-0.2, -0.15) is 0 Å². The van der Waals surface area contributed by atoms with E-state index >= 15 is 0 Å². The van der Waals surface area contributed by atoms with Gasteiger partial charge in [0.1, 0.15) is 13.1 Å². The molecule has 0 spiro atoms. The fraction of sp³-hybridized carbons (Fsp3) is 0.636. The van der Waals surface area contributed by atoms with Crippen LogP contribution < -0.4 is 18.9 Å². The quantitative estimate of drug-likeness (QED) is 0.121. The highest BCUT2D eigenvalue weighted by atomic mass is 16.5. The lowest BCUT2D eigenvalue weighted by atomic mass is 10.0. The number of methoxy groups -OCH3 is 1. The Morgan fingerprint density at radius 2 is 1.39 bits per heavy atom. The lowest BCUT2D eigenvalue weighted by Gasteiger charge is -2.21. The molecule has 0 saturated carbocycles. The van der Waals surface area contributed by atoms with Crippen molar-refractivity contribution in [3.63, 3.8) is 0 Å². The van der Waals surface area contributed by atoms with Gasteiger partial charge in [-0.15, -0.1) is 0 Å². The van der Waals surface area contributed by atoms with Crippen LogP contribution >= 0.6 is 0 Å². The highest BCUT2D eigenvalue weighted by Crippen LogP contribution is 2.32. The molecule has 0 saturated heterocycles. The van der Waals surface area contributed by atoms with Gasteiger partial charge < -0.3 is 14.4 Å². The summed E-state index contributed by atoms with van der Waals surface area (Å²) < 4.78 is 13.8. The molecule has 5 heteroatoms. The summed E-state index contributed by atoms with van der Waals surface area (Å²) in [6, 6.07) is 11.9. The van der Waals surface area contributed by atoms with Crippen LogP contribution in [0.1, 0.15) is 116 Å². The SMILES string of the molecule is CCCCCCCCCCCCCCCCOc1ccc(N(Cc2cccc[n+]2CC)C(C)=O)cc1OC. The molecule has 2 aromatic rings. The molecule has 38 heavy (non-hydrogen) atoms. The average Bonchev–Trinajstić information content (AvgIpc) is 2.94. The third-order valence-electron chi connectivity index (χ3n) is 7.29. The summed E-state index contributed by atoms with van der Waals surface area (Å²) in [7, 11) is 1.65. The number of hydrogen-bond donors (Lipinski definition) is 0. The van der Waals surface area contributed by atoms with Crippen LogP contribution in [0.2, 0.25) is 0 Å². The number of benzene rings is 1. The van der Waals surface area contributed by atoms with E-state index in [1.165, 1.54) is 83.5 Å². The van der Waals surface area contributed by atoms with Gasteiger partial charge in [0.2, 0.25) is 11.6 Å². The molecule has 0 atom stereocenters. The lowest BCUT2D eigenvalue weighted by Crippen LogP contribution is -2.41. The first-order chi connectivity index (χ1) is 18.6. The van der Waals surface area contributed by atoms with Crippen LogP contribution in [0.15, 0.2) is 42.6 Å². The number of anilines is 1. The number of hydrogen-bond acceptors (Lipinski definition) is 3. The zero-order chi connectivity index (χ0) is 27.4. The van der Waals surface area contributed by atoms with Gasteiger partial charge in [-0.25, -0.2) is 4.57 Å². The smallest absolute Gasteiger partial charge is 0.224 e.